The molecule has 0 nitrogen and oxygen atoms in total. The summed E-state index contributed by atoms with van der Waals surface area (Å²) in [6.45, 7) is 18.7. The average Bonchev–Trinajstić information content (AvgIpc) is 2.06. The molecule has 96 valence electrons. The maximum atomic E-state index is 2.40. The molecule has 0 aliphatic carbocycles. The van der Waals surface area contributed by atoms with Gasteiger partial charge in [-0.3, -0.25) is 0 Å². The van der Waals surface area contributed by atoms with Gasteiger partial charge in [0.1, 0.15) is 0 Å². The summed E-state index contributed by atoms with van der Waals surface area (Å²) in [5, 5.41) is 2.29. The number of hydrogen-bond acceptors (Lipinski definition) is 0. The van der Waals surface area contributed by atoms with Crippen molar-refractivity contribution in [2.75, 3.05) is 0 Å². The third kappa shape index (κ3) is 3.55. The smallest absolute Gasteiger partial charge is 0.0134 e. The predicted molar refractivity (Wildman–Crippen MR) is 82.0 cm³/mol. The topological polar surface area (TPSA) is 0 Å². The summed E-state index contributed by atoms with van der Waals surface area (Å²) in [5.74, 6) is 0. The van der Waals surface area contributed by atoms with Gasteiger partial charge >= 0.3 is 0 Å². The fraction of sp³-hybridized carbons (Fsp3) is 0.625. The maximum Gasteiger partial charge on any atom is -0.0134 e. The van der Waals surface area contributed by atoms with Gasteiger partial charge in [0, 0.05) is 0 Å². The summed E-state index contributed by atoms with van der Waals surface area (Å²) >= 11 is 0. The van der Waals surface area contributed by atoms with Gasteiger partial charge in [0.05, 0.1) is 0 Å². The first-order valence-electron chi connectivity index (χ1n) is 6.41. The van der Waals surface area contributed by atoms with E-state index in [9.17, 15) is 0 Å². The van der Waals surface area contributed by atoms with Crippen LogP contribution in [-0.2, 0) is 0 Å². The van der Waals surface area contributed by atoms with Gasteiger partial charge in [-0.25, -0.2) is 0 Å². The normalized spacial score (nSPS) is 13.2. The molecule has 0 N–H and O–H groups in total. The molecule has 17 heavy (non-hydrogen) atoms. The first kappa shape index (κ1) is 14.7. The molecule has 1 heteroatoms. The summed E-state index contributed by atoms with van der Waals surface area (Å²) < 4.78 is 0. The van der Waals surface area contributed by atoms with E-state index in [0.717, 1.165) is 0 Å². The van der Waals surface area contributed by atoms with Gasteiger partial charge in [0.15, 0.2) is 0 Å². The molecular formula is C16H27P. The van der Waals surface area contributed by atoms with Crippen LogP contribution in [0.25, 0.3) is 0 Å². The van der Waals surface area contributed by atoms with Crippen LogP contribution in [-0.4, -0.2) is 10.3 Å². The van der Waals surface area contributed by atoms with Crippen LogP contribution in [0, 0.1) is 13.8 Å². The number of rotatable bonds is 1. The first-order chi connectivity index (χ1) is 7.53. The quantitative estimate of drug-likeness (QED) is 0.615. The Morgan fingerprint density at radius 3 is 1.71 bits per heavy atom. The molecule has 1 aromatic carbocycles. The second kappa shape index (κ2) is 4.73. The Bertz CT molecular complexity index is 377. The Morgan fingerprint density at radius 2 is 1.29 bits per heavy atom. The molecule has 0 saturated carbocycles. The summed E-state index contributed by atoms with van der Waals surface area (Å²) in [6, 6.07) is 6.90. The van der Waals surface area contributed by atoms with E-state index in [4.69, 9.17) is 0 Å². The molecule has 0 saturated heterocycles. The molecule has 0 aliphatic heterocycles. The molecular weight excluding hydrogens is 223 g/mol. The SMILES string of the molecule is Cc1ccc(C)c(P(C(C)(C)C)C(C)(C)C)c1. The molecule has 1 aromatic rings. The molecule has 0 aliphatic rings. The van der Waals surface area contributed by atoms with Crippen LogP contribution in [0.5, 0.6) is 0 Å². The lowest BCUT2D eigenvalue weighted by molar-refractivity contribution is 0.714. The van der Waals surface area contributed by atoms with E-state index < -0.39 is 0 Å². The third-order valence-electron chi connectivity index (χ3n) is 2.95. The van der Waals surface area contributed by atoms with Gasteiger partial charge in [-0.05, 0) is 35.0 Å². The molecule has 0 heterocycles. The minimum Gasteiger partial charge on any atom is -0.0640 e. The zero-order valence-electron chi connectivity index (χ0n) is 12.7. The van der Waals surface area contributed by atoms with Crippen molar-refractivity contribution in [2.24, 2.45) is 0 Å². The fourth-order valence-corrected chi connectivity index (χ4v) is 6.91. The highest BCUT2D eigenvalue weighted by atomic mass is 31.1. The highest BCUT2D eigenvalue weighted by Crippen LogP contribution is 2.58. The number of hydrogen-bond donors (Lipinski definition) is 0. The van der Waals surface area contributed by atoms with Crippen molar-refractivity contribution in [3.05, 3.63) is 29.3 Å². The second-order valence-corrected chi connectivity index (χ2v) is 10.8. The predicted octanol–water partition coefficient (Wildman–Crippen LogP) is 5.01. The van der Waals surface area contributed by atoms with E-state index in [1.165, 1.54) is 11.1 Å². The third-order valence-corrected chi connectivity index (χ3v) is 6.59. The van der Waals surface area contributed by atoms with Gasteiger partial charge in [0.25, 0.3) is 0 Å². The van der Waals surface area contributed by atoms with Crippen molar-refractivity contribution in [2.45, 2.75) is 65.7 Å². The Morgan fingerprint density at radius 1 is 0.824 bits per heavy atom. The van der Waals surface area contributed by atoms with Gasteiger partial charge < -0.3 is 0 Å². The highest BCUT2D eigenvalue weighted by molar-refractivity contribution is 7.68. The van der Waals surface area contributed by atoms with Crippen molar-refractivity contribution in [1.29, 1.82) is 0 Å². The molecule has 1 rings (SSSR count). The van der Waals surface area contributed by atoms with Gasteiger partial charge in [-0.15, -0.1) is 0 Å². The van der Waals surface area contributed by atoms with Crippen molar-refractivity contribution in [3.63, 3.8) is 0 Å². The molecule has 0 aromatic heterocycles. The second-order valence-electron chi connectivity index (χ2n) is 6.97. The van der Waals surface area contributed by atoms with Gasteiger partial charge in [-0.2, -0.15) is 0 Å². The molecule has 0 spiro atoms. The van der Waals surface area contributed by atoms with E-state index in [1.807, 2.05) is 0 Å². The molecule has 0 fully saturated rings. The highest BCUT2D eigenvalue weighted by Gasteiger charge is 2.36. The maximum absolute atomic E-state index is 2.40. The van der Waals surface area contributed by atoms with E-state index in [2.05, 4.69) is 73.6 Å². The number of benzene rings is 1. The van der Waals surface area contributed by atoms with Crippen LogP contribution in [0.15, 0.2) is 18.2 Å². The Hall–Kier alpha value is -0.350. The zero-order chi connectivity index (χ0) is 13.4. The van der Waals surface area contributed by atoms with Gasteiger partial charge in [0.2, 0.25) is 0 Å². The Balaban J connectivity index is 3.38. The molecule has 0 amide bonds. The van der Waals surface area contributed by atoms with Crippen LogP contribution in [0.4, 0.5) is 0 Å². The lowest BCUT2D eigenvalue weighted by Crippen LogP contribution is -2.32. The minimum absolute atomic E-state index is 0.175. The van der Waals surface area contributed by atoms with Crippen LogP contribution in [0.3, 0.4) is 0 Å². The van der Waals surface area contributed by atoms with Crippen molar-refractivity contribution >= 4 is 13.2 Å². The molecule has 0 unspecified atom stereocenters. The first-order valence-corrected chi connectivity index (χ1v) is 7.75. The molecule has 0 atom stereocenters. The van der Waals surface area contributed by atoms with E-state index in [1.54, 1.807) is 5.30 Å². The van der Waals surface area contributed by atoms with E-state index in [-0.39, 0.29) is 7.92 Å². The van der Waals surface area contributed by atoms with E-state index in [0.29, 0.717) is 10.3 Å². The summed E-state index contributed by atoms with van der Waals surface area (Å²) in [6.07, 6.45) is 0. The fourth-order valence-electron chi connectivity index (χ4n) is 2.69. The molecule has 0 radical (unpaired) electrons. The summed E-state index contributed by atoms with van der Waals surface area (Å²) in [5.41, 5.74) is 2.83. The van der Waals surface area contributed by atoms with Crippen LogP contribution in [0.1, 0.15) is 52.7 Å². The summed E-state index contributed by atoms with van der Waals surface area (Å²) in [7, 11) is -0.175. The van der Waals surface area contributed by atoms with Crippen LogP contribution >= 0.6 is 7.92 Å². The largest absolute Gasteiger partial charge is 0.0640 e. The Labute approximate surface area is 109 Å². The lowest BCUT2D eigenvalue weighted by Gasteiger charge is -2.42. The van der Waals surface area contributed by atoms with Crippen molar-refractivity contribution in [3.8, 4) is 0 Å². The van der Waals surface area contributed by atoms with Crippen LogP contribution in [0.2, 0.25) is 0 Å². The lowest BCUT2D eigenvalue weighted by atomic mass is 10.2. The van der Waals surface area contributed by atoms with Crippen molar-refractivity contribution in [1.82, 2.24) is 0 Å². The van der Waals surface area contributed by atoms with E-state index >= 15 is 0 Å². The minimum atomic E-state index is -0.175. The standard InChI is InChI=1S/C16H27P/c1-12-9-10-13(2)14(11-12)17(15(3,4)5)16(6,7)8/h9-11H,1-8H3. The van der Waals surface area contributed by atoms with Crippen molar-refractivity contribution < 1.29 is 0 Å². The summed E-state index contributed by atoms with van der Waals surface area (Å²) in [4.78, 5) is 0. The Kier molecular flexibility index (Phi) is 4.09. The zero-order valence-corrected chi connectivity index (χ0v) is 13.6. The average molecular weight is 250 g/mol. The van der Waals surface area contributed by atoms with Gasteiger partial charge in [-0.1, -0.05) is 73.2 Å². The monoisotopic (exact) mass is 250 g/mol. The van der Waals surface area contributed by atoms with Crippen LogP contribution < -0.4 is 5.30 Å². The number of aryl methyl sites for hydroxylation is 2. The molecule has 0 bridgehead atoms.